The molecule has 218 valence electrons. The van der Waals surface area contributed by atoms with Crippen molar-refractivity contribution in [1.29, 1.82) is 0 Å². The summed E-state index contributed by atoms with van der Waals surface area (Å²) in [6.45, 7) is 1.22. The Morgan fingerprint density at radius 1 is 1.18 bits per heavy atom. The van der Waals surface area contributed by atoms with Crippen molar-refractivity contribution < 1.29 is 47.4 Å². The molecule has 13 heteroatoms. The molecule has 0 saturated heterocycles. The average molecular weight is 568 g/mol. The molecule has 3 aliphatic rings. The summed E-state index contributed by atoms with van der Waals surface area (Å²) in [7, 11) is 3.01. The summed E-state index contributed by atoms with van der Waals surface area (Å²) in [5.74, 6) is -11.5. The Morgan fingerprint density at radius 2 is 1.82 bits per heavy atom. The van der Waals surface area contributed by atoms with Crippen LogP contribution in [0.3, 0.4) is 0 Å². The number of phenols is 1. The summed E-state index contributed by atoms with van der Waals surface area (Å²) in [6.07, 6.45) is -4.97. The van der Waals surface area contributed by atoms with Crippen molar-refractivity contribution >= 4 is 29.0 Å². The molecular weight excluding hydrogens is 535 g/mol. The molecule has 0 aliphatic heterocycles. The highest BCUT2D eigenvalue weighted by Gasteiger charge is 2.69. The van der Waals surface area contributed by atoms with Gasteiger partial charge < -0.3 is 21.3 Å². The first-order valence-electron chi connectivity index (χ1n) is 13.0. The Hall–Kier alpha value is -3.16. The predicted molar refractivity (Wildman–Crippen MR) is 133 cm³/mol. The number of carbonyl (C=O) groups is 5. The van der Waals surface area contributed by atoms with Gasteiger partial charge in [-0.2, -0.15) is 13.2 Å². The standard InChI is InChI=1S/C27H32F3N3O7/c1-4-11-7-13(10-32-6-5-26(28,29)30)20(34)17-14(11)8-12-9-15-19(33(2)3)22(36)18(25(31)39)24(38)27(15,40)23(37)16(12)21(17)35/h7,12,15-16,18-19,32,34,40H,4-6,8-10H2,1-3H3,(H2,31,39)/t12-,15-,16?,18?,19-,27-/m0/s1. The minimum atomic E-state index is -4.37. The number of halogens is 3. The molecule has 0 heterocycles. The van der Waals surface area contributed by atoms with Crippen molar-refractivity contribution in [3.63, 3.8) is 0 Å². The van der Waals surface area contributed by atoms with Gasteiger partial charge in [-0.15, -0.1) is 0 Å². The van der Waals surface area contributed by atoms with E-state index in [9.17, 15) is 47.4 Å². The van der Waals surface area contributed by atoms with Gasteiger partial charge in [0.1, 0.15) is 5.75 Å². The first-order chi connectivity index (χ1) is 18.6. The van der Waals surface area contributed by atoms with E-state index in [1.54, 1.807) is 13.0 Å². The fourth-order valence-corrected chi connectivity index (χ4v) is 6.71. The largest absolute Gasteiger partial charge is 0.507 e. The number of aryl methyl sites for hydroxylation is 1. The summed E-state index contributed by atoms with van der Waals surface area (Å²) in [4.78, 5) is 67.6. The molecule has 1 amide bonds. The number of aromatic hydroxyl groups is 1. The topological polar surface area (TPSA) is 167 Å². The number of alkyl halides is 3. The monoisotopic (exact) mass is 567 g/mol. The SMILES string of the molecule is CCc1cc(CNCCC(F)(F)F)c(O)c2c1C[C@H]1C[C@H]3[C@H](N(C)C)C(=O)C(C(N)=O)C(=O)[C@@]3(O)C(=O)C1C2=O. The zero-order valence-electron chi connectivity index (χ0n) is 22.3. The van der Waals surface area contributed by atoms with Gasteiger partial charge in [0.2, 0.25) is 5.91 Å². The fourth-order valence-electron chi connectivity index (χ4n) is 6.71. The zero-order valence-corrected chi connectivity index (χ0v) is 22.3. The molecule has 0 bridgehead atoms. The molecule has 0 aromatic heterocycles. The van der Waals surface area contributed by atoms with Crippen molar-refractivity contribution in [3.05, 3.63) is 28.3 Å². The number of aliphatic hydroxyl groups is 1. The number of benzene rings is 1. The number of hydrogen-bond acceptors (Lipinski definition) is 9. The molecule has 6 atom stereocenters. The lowest BCUT2D eigenvalue weighted by Gasteiger charge is -2.52. The maximum absolute atomic E-state index is 13.9. The Bertz CT molecular complexity index is 1290. The van der Waals surface area contributed by atoms with Crippen LogP contribution in [0.5, 0.6) is 5.75 Å². The van der Waals surface area contributed by atoms with Crippen LogP contribution in [-0.4, -0.2) is 82.6 Å². The fraction of sp³-hybridized carbons (Fsp3) is 0.593. The summed E-state index contributed by atoms with van der Waals surface area (Å²) >= 11 is 0. The van der Waals surface area contributed by atoms with Gasteiger partial charge in [-0.25, -0.2) is 0 Å². The molecule has 1 aromatic rings. The molecule has 1 aromatic carbocycles. The van der Waals surface area contributed by atoms with Crippen LogP contribution in [0.2, 0.25) is 0 Å². The van der Waals surface area contributed by atoms with E-state index in [2.05, 4.69) is 5.32 Å². The molecule has 0 radical (unpaired) electrons. The van der Waals surface area contributed by atoms with Gasteiger partial charge in [0, 0.05) is 24.6 Å². The van der Waals surface area contributed by atoms with E-state index in [0.717, 1.165) is 0 Å². The molecule has 2 saturated carbocycles. The van der Waals surface area contributed by atoms with Crippen molar-refractivity contribution in [2.45, 2.75) is 57.0 Å². The molecular formula is C27H32F3N3O7. The van der Waals surface area contributed by atoms with E-state index in [-0.39, 0.29) is 30.5 Å². The molecule has 3 aliphatic carbocycles. The number of carbonyl (C=O) groups excluding carboxylic acids is 5. The van der Waals surface area contributed by atoms with E-state index >= 15 is 0 Å². The minimum absolute atomic E-state index is 0.0610. The third kappa shape index (κ3) is 4.63. The molecule has 40 heavy (non-hydrogen) atoms. The molecule has 2 unspecified atom stereocenters. The second-order valence-corrected chi connectivity index (χ2v) is 11.1. The lowest BCUT2D eigenvalue weighted by atomic mass is 9.52. The normalized spacial score (nSPS) is 30.2. The summed E-state index contributed by atoms with van der Waals surface area (Å²) in [5, 5.41) is 25.3. The number of nitrogens with zero attached hydrogens (tertiary/aromatic N) is 1. The molecule has 0 spiro atoms. The Morgan fingerprint density at radius 3 is 2.38 bits per heavy atom. The number of likely N-dealkylation sites (N-methyl/N-ethyl adjacent to an activating group) is 1. The third-order valence-corrected chi connectivity index (χ3v) is 8.51. The number of amides is 1. The number of ketones is 4. The molecule has 4 rings (SSSR count). The number of primary amides is 1. The Labute approximate surface area is 228 Å². The number of nitrogens with one attached hydrogen (secondary N) is 1. The van der Waals surface area contributed by atoms with Crippen molar-refractivity contribution in [2.24, 2.45) is 29.4 Å². The van der Waals surface area contributed by atoms with Gasteiger partial charge in [-0.1, -0.05) is 13.0 Å². The number of fused-ring (bicyclic) bond motifs is 3. The number of hydrogen-bond donors (Lipinski definition) is 4. The van der Waals surface area contributed by atoms with Crippen LogP contribution in [0.4, 0.5) is 13.2 Å². The zero-order chi connectivity index (χ0) is 29.9. The van der Waals surface area contributed by atoms with Crippen LogP contribution in [0.1, 0.15) is 46.8 Å². The second kappa shape index (κ2) is 10.3. The van der Waals surface area contributed by atoms with Crippen molar-refractivity contribution in [3.8, 4) is 5.75 Å². The first kappa shape index (κ1) is 29.8. The van der Waals surface area contributed by atoms with Gasteiger partial charge in [0.05, 0.1) is 23.9 Å². The highest BCUT2D eigenvalue weighted by molar-refractivity contribution is 6.32. The van der Waals surface area contributed by atoms with Gasteiger partial charge >= 0.3 is 6.18 Å². The summed E-state index contributed by atoms with van der Waals surface area (Å²) in [5.41, 5.74) is 3.63. The maximum Gasteiger partial charge on any atom is 0.390 e. The quantitative estimate of drug-likeness (QED) is 0.271. The summed E-state index contributed by atoms with van der Waals surface area (Å²) in [6, 6.07) is 0.419. The smallest absolute Gasteiger partial charge is 0.390 e. The average Bonchev–Trinajstić information content (AvgIpc) is 2.84. The van der Waals surface area contributed by atoms with Crippen LogP contribution in [-0.2, 0) is 38.6 Å². The highest BCUT2D eigenvalue weighted by atomic mass is 19.4. The Kier molecular flexibility index (Phi) is 7.71. The van der Waals surface area contributed by atoms with Gasteiger partial charge in [-0.05, 0) is 50.4 Å². The van der Waals surface area contributed by atoms with E-state index in [4.69, 9.17) is 5.73 Å². The van der Waals surface area contributed by atoms with Gasteiger partial charge in [0.15, 0.2) is 34.7 Å². The molecule has 10 nitrogen and oxygen atoms in total. The Balaban J connectivity index is 1.76. The second-order valence-electron chi connectivity index (χ2n) is 11.1. The lowest BCUT2D eigenvalue weighted by Crippen LogP contribution is -2.74. The van der Waals surface area contributed by atoms with E-state index < -0.39 is 89.2 Å². The van der Waals surface area contributed by atoms with Crippen LogP contribution in [0.25, 0.3) is 0 Å². The lowest BCUT2D eigenvalue weighted by molar-refractivity contribution is -0.181. The van der Waals surface area contributed by atoms with E-state index in [0.29, 0.717) is 17.5 Å². The third-order valence-electron chi connectivity index (χ3n) is 8.51. The maximum atomic E-state index is 13.9. The number of Topliss-reactive ketones (excluding diaryl/α,β-unsaturated/α-hetero) is 4. The van der Waals surface area contributed by atoms with Crippen LogP contribution < -0.4 is 11.1 Å². The van der Waals surface area contributed by atoms with Crippen molar-refractivity contribution in [2.75, 3.05) is 20.6 Å². The number of phenolic OH excluding ortho intramolecular Hbond substituents is 1. The molecule has 5 N–H and O–H groups in total. The van der Waals surface area contributed by atoms with E-state index in [1.807, 2.05) is 0 Å². The van der Waals surface area contributed by atoms with E-state index in [1.165, 1.54) is 19.0 Å². The van der Waals surface area contributed by atoms with Gasteiger partial charge in [-0.3, -0.25) is 28.9 Å². The van der Waals surface area contributed by atoms with Crippen LogP contribution >= 0.6 is 0 Å². The highest BCUT2D eigenvalue weighted by Crippen LogP contribution is 2.51. The summed E-state index contributed by atoms with van der Waals surface area (Å²) < 4.78 is 37.6. The predicted octanol–water partition coefficient (Wildman–Crippen LogP) is 0.471. The molecule has 2 fully saturated rings. The number of rotatable bonds is 7. The minimum Gasteiger partial charge on any atom is -0.507 e. The first-order valence-corrected chi connectivity index (χ1v) is 13.0. The van der Waals surface area contributed by atoms with Crippen LogP contribution in [0, 0.1) is 23.7 Å². The van der Waals surface area contributed by atoms with Gasteiger partial charge in [0.25, 0.3) is 0 Å². The van der Waals surface area contributed by atoms with Crippen LogP contribution in [0.15, 0.2) is 6.07 Å². The number of nitrogens with two attached hydrogens (primary N) is 1. The van der Waals surface area contributed by atoms with Crippen molar-refractivity contribution in [1.82, 2.24) is 10.2 Å².